The van der Waals surface area contributed by atoms with Crippen molar-refractivity contribution < 1.29 is 23.6 Å². The molecule has 0 bridgehead atoms. The van der Waals surface area contributed by atoms with Gasteiger partial charge < -0.3 is 4.42 Å². The van der Waals surface area contributed by atoms with Gasteiger partial charge in [0.2, 0.25) is 0 Å². The topological polar surface area (TPSA) is 96.7 Å². The number of imide groups is 2. The van der Waals surface area contributed by atoms with Gasteiger partial charge in [-0.2, -0.15) is 0 Å². The van der Waals surface area contributed by atoms with Crippen LogP contribution in [0.4, 0.5) is 4.79 Å². The number of benzene rings is 1. The molecule has 7 heteroatoms. The molecule has 1 saturated carbocycles. The lowest BCUT2D eigenvalue weighted by Crippen LogP contribution is -2.57. The minimum atomic E-state index is -0.731. The molecule has 0 unspecified atom stereocenters. The second-order valence-corrected chi connectivity index (χ2v) is 7.27. The van der Waals surface area contributed by atoms with Crippen LogP contribution in [0, 0.1) is 0 Å². The van der Waals surface area contributed by atoms with Crippen LogP contribution in [-0.4, -0.2) is 34.6 Å². The van der Waals surface area contributed by atoms with Crippen molar-refractivity contribution in [2.24, 2.45) is 0 Å². The van der Waals surface area contributed by atoms with Crippen LogP contribution in [0.3, 0.4) is 0 Å². The van der Waals surface area contributed by atoms with E-state index in [1.165, 1.54) is 13.0 Å². The third-order valence-electron chi connectivity index (χ3n) is 5.29. The standard InChI is InChI=1S/C22H20N2O5/c1-13(25)14-5-4-6-15(11-14)19-10-9-17(29-19)12-18-20(26)23-22(28)24(21(18)27)16-7-2-3-8-16/h4-6,9-12,16H,2-3,7-8H2,1H3,(H,23,26,28)/b18-12+. The van der Waals surface area contributed by atoms with Crippen molar-refractivity contribution in [3.63, 3.8) is 0 Å². The van der Waals surface area contributed by atoms with E-state index in [1.54, 1.807) is 36.4 Å². The first-order valence-electron chi connectivity index (χ1n) is 9.56. The number of ketones is 1. The Bertz CT molecular complexity index is 1040. The van der Waals surface area contributed by atoms with E-state index in [2.05, 4.69) is 5.32 Å². The summed E-state index contributed by atoms with van der Waals surface area (Å²) in [6.07, 6.45) is 4.76. The van der Waals surface area contributed by atoms with Crippen LogP contribution in [0.25, 0.3) is 17.4 Å². The van der Waals surface area contributed by atoms with Gasteiger partial charge >= 0.3 is 6.03 Å². The van der Waals surface area contributed by atoms with Gasteiger partial charge in [-0.25, -0.2) is 4.79 Å². The summed E-state index contributed by atoms with van der Waals surface area (Å²) in [7, 11) is 0. The minimum absolute atomic E-state index is 0.0538. The highest BCUT2D eigenvalue weighted by Gasteiger charge is 2.40. The van der Waals surface area contributed by atoms with Crippen molar-refractivity contribution in [1.82, 2.24) is 10.2 Å². The highest BCUT2D eigenvalue weighted by molar-refractivity contribution is 6.31. The Balaban J connectivity index is 1.63. The first-order chi connectivity index (χ1) is 13.9. The third kappa shape index (κ3) is 3.63. The van der Waals surface area contributed by atoms with E-state index in [9.17, 15) is 19.2 Å². The number of furan rings is 1. The third-order valence-corrected chi connectivity index (χ3v) is 5.29. The molecule has 1 aliphatic carbocycles. The van der Waals surface area contributed by atoms with Gasteiger partial charge in [-0.05, 0) is 44.0 Å². The fourth-order valence-electron chi connectivity index (χ4n) is 3.78. The Kier molecular flexibility index (Phi) is 4.88. The van der Waals surface area contributed by atoms with E-state index in [-0.39, 0.29) is 17.4 Å². The molecule has 1 aliphatic heterocycles. The normalized spacial score (nSPS) is 19.1. The summed E-state index contributed by atoms with van der Waals surface area (Å²) in [5.41, 5.74) is 1.14. The second-order valence-electron chi connectivity index (χ2n) is 7.27. The molecule has 0 radical (unpaired) electrons. The summed E-state index contributed by atoms with van der Waals surface area (Å²) < 4.78 is 5.77. The summed E-state index contributed by atoms with van der Waals surface area (Å²) in [5.74, 6) is -0.561. The molecule has 1 saturated heterocycles. The van der Waals surface area contributed by atoms with Gasteiger partial charge in [0.1, 0.15) is 17.1 Å². The lowest BCUT2D eigenvalue weighted by molar-refractivity contribution is -0.131. The number of nitrogens with one attached hydrogen (secondary N) is 1. The summed E-state index contributed by atoms with van der Waals surface area (Å²) >= 11 is 0. The van der Waals surface area contributed by atoms with E-state index in [4.69, 9.17) is 4.42 Å². The zero-order chi connectivity index (χ0) is 20.5. The first kappa shape index (κ1) is 18.9. The number of urea groups is 1. The Hall–Kier alpha value is -3.48. The predicted molar refractivity (Wildman–Crippen MR) is 105 cm³/mol. The first-order valence-corrected chi connectivity index (χ1v) is 9.56. The number of hydrogen-bond acceptors (Lipinski definition) is 5. The molecule has 0 atom stereocenters. The molecule has 2 aliphatic rings. The lowest BCUT2D eigenvalue weighted by Gasteiger charge is -2.30. The molecule has 2 heterocycles. The fourth-order valence-corrected chi connectivity index (χ4v) is 3.78. The molecule has 4 amide bonds. The highest BCUT2D eigenvalue weighted by Crippen LogP contribution is 2.28. The van der Waals surface area contributed by atoms with Crippen molar-refractivity contribution in [3.8, 4) is 11.3 Å². The molecule has 2 fully saturated rings. The molecule has 148 valence electrons. The summed E-state index contributed by atoms with van der Waals surface area (Å²) in [5, 5.41) is 2.25. The summed E-state index contributed by atoms with van der Waals surface area (Å²) in [4.78, 5) is 50.0. The number of Topliss-reactive ketones (excluding diaryl/α,β-unsaturated/α-hetero) is 1. The maximum absolute atomic E-state index is 12.8. The van der Waals surface area contributed by atoms with Gasteiger partial charge in [-0.3, -0.25) is 24.6 Å². The highest BCUT2D eigenvalue weighted by atomic mass is 16.3. The van der Waals surface area contributed by atoms with Gasteiger partial charge in [0.05, 0.1) is 0 Å². The second kappa shape index (κ2) is 7.50. The Morgan fingerprint density at radius 1 is 1.14 bits per heavy atom. The zero-order valence-electron chi connectivity index (χ0n) is 15.9. The number of barbiturate groups is 1. The van der Waals surface area contributed by atoms with Crippen LogP contribution in [0.2, 0.25) is 0 Å². The molecule has 4 rings (SSSR count). The van der Waals surface area contributed by atoms with Crippen molar-refractivity contribution in [1.29, 1.82) is 0 Å². The number of amides is 4. The molecule has 1 aromatic carbocycles. The Morgan fingerprint density at radius 2 is 1.90 bits per heavy atom. The fraction of sp³-hybridized carbons (Fsp3) is 0.273. The number of rotatable bonds is 4. The quantitative estimate of drug-likeness (QED) is 0.488. The molecule has 1 aromatic heterocycles. The SMILES string of the molecule is CC(=O)c1cccc(-c2ccc(/C=C3\C(=O)NC(=O)N(C4CCCC4)C3=O)o2)c1. The van der Waals surface area contributed by atoms with E-state index in [0.29, 0.717) is 22.6 Å². The van der Waals surface area contributed by atoms with Crippen LogP contribution in [0.15, 0.2) is 46.4 Å². The van der Waals surface area contributed by atoms with Gasteiger partial charge in [0.15, 0.2) is 5.78 Å². The maximum atomic E-state index is 12.8. The van der Waals surface area contributed by atoms with Crippen LogP contribution < -0.4 is 5.32 Å². The molecule has 2 aromatic rings. The Morgan fingerprint density at radius 3 is 2.62 bits per heavy atom. The van der Waals surface area contributed by atoms with E-state index in [0.717, 1.165) is 30.6 Å². The van der Waals surface area contributed by atoms with Crippen molar-refractivity contribution in [3.05, 3.63) is 53.3 Å². The van der Waals surface area contributed by atoms with Crippen LogP contribution in [0.1, 0.15) is 48.7 Å². The van der Waals surface area contributed by atoms with E-state index >= 15 is 0 Å². The zero-order valence-corrected chi connectivity index (χ0v) is 15.9. The van der Waals surface area contributed by atoms with Crippen LogP contribution >= 0.6 is 0 Å². The average Bonchev–Trinajstić information content (AvgIpc) is 3.37. The molecule has 1 N–H and O–H groups in total. The number of carbonyl (C=O) groups is 4. The molecule has 7 nitrogen and oxygen atoms in total. The van der Waals surface area contributed by atoms with Crippen LogP contribution in [0.5, 0.6) is 0 Å². The molecular weight excluding hydrogens is 372 g/mol. The smallest absolute Gasteiger partial charge is 0.331 e. The molecular formula is C22H20N2O5. The van der Waals surface area contributed by atoms with Crippen molar-refractivity contribution >= 4 is 29.7 Å². The number of carbonyl (C=O) groups excluding carboxylic acids is 4. The lowest BCUT2D eigenvalue weighted by atomic mass is 10.1. The van der Waals surface area contributed by atoms with Crippen molar-refractivity contribution in [2.75, 3.05) is 0 Å². The molecule has 0 spiro atoms. The number of hydrogen-bond donors (Lipinski definition) is 1. The Labute approximate surface area is 167 Å². The molecule has 29 heavy (non-hydrogen) atoms. The summed E-state index contributed by atoms with van der Waals surface area (Å²) in [6, 6.07) is 9.51. The maximum Gasteiger partial charge on any atom is 0.331 e. The monoisotopic (exact) mass is 392 g/mol. The number of nitrogens with zero attached hydrogens (tertiary/aromatic N) is 1. The van der Waals surface area contributed by atoms with E-state index < -0.39 is 17.8 Å². The largest absolute Gasteiger partial charge is 0.457 e. The van der Waals surface area contributed by atoms with Gasteiger partial charge in [0.25, 0.3) is 11.8 Å². The van der Waals surface area contributed by atoms with Crippen molar-refractivity contribution in [2.45, 2.75) is 38.6 Å². The predicted octanol–water partition coefficient (Wildman–Crippen LogP) is 3.55. The van der Waals surface area contributed by atoms with Gasteiger partial charge in [-0.1, -0.05) is 31.0 Å². The average molecular weight is 392 g/mol. The minimum Gasteiger partial charge on any atom is -0.457 e. The van der Waals surface area contributed by atoms with E-state index in [1.807, 2.05) is 0 Å². The van der Waals surface area contributed by atoms with Gasteiger partial charge in [0, 0.05) is 17.2 Å². The summed E-state index contributed by atoms with van der Waals surface area (Å²) in [6.45, 7) is 1.49. The van der Waals surface area contributed by atoms with Crippen LogP contribution in [-0.2, 0) is 9.59 Å². The van der Waals surface area contributed by atoms with Gasteiger partial charge in [-0.15, -0.1) is 0 Å².